The first kappa shape index (κ1) is 35.4. The van der Waals surface area contributed by atoms with Gasteiger partial charge in [-0.3, -0.25) is 4.79 Å². The maximum Gasteiger partial charge on any atom is 0.303 e. The first-order chi connectivity index (χ1) is 20.1. The van der Waals surface area contributed by atoms with Crippen molar-refractivity contribution in [3.05, 3.63) is 0 Å². The molecule has 0 aromatic rings. The second-order valence-electron chi connectivity index (χ2n) is 17.4. The Morgan fingerprint density at radius 1 is 1.00 bits per heavy atom. The lowest BCUT2D eigenvalue weighted by atomic mass is 9.41. The summed E-state index contributed by atoms with van der Waals surface area (Å²) in [4.78, 5) is 12.5. The van der Waals surface area contributed by atoms with Crippen LogP contribution in [0.4, 0.5) is 0 Å². The van der Waals surface area contributed by atoms with Crippen molar-refractivity contribution < 1.29 is 29.2 Å². The molecule has 0 amide bonds. The van der Waals surface area contributed by atoms with Gasteiger partial charge in [0.25, 0.3) is 0 Å². The Hall–Kier alpha value is -0.473. The molecule has 4 aliphatic rings. The maximum atomic E-state index is 12.8. The van der Waals surface area contributed by atoms with Crippen molar-refractivity contribution in [3.8, 4) is 0 Å². The van der Waals surface area contributed by atoms with Crippen LogP contribution in [-0.2, 0) is 19.0 Å². The van der Waals surface area contributed by atoms with Gasteiger partial charge in [-0.05, 0) is 97.8 Å². The maximum absolute atomic E-state index is 12.8. The quantitative estimate of drug-likeness (QED) is 0.0949. The fraction of sp³-hybridized carbons (Fsp3) is 0.972. The number of esters is 1. The van der Waals surface area contributed by atoms with Crippen LogP contribution in [0.15, 0.2) is 0 Å². The van der Waals surface area contributed by atoms with Crippen LogP contribution in [0.3, 0.4) is 0 Å². The average Bonchev–Trinajstić information content (AvgIpc) is 3.26. The van der Waals surface area contributed by atoms with Crippen molar-refractivity contribution in [1.82, 2.24) is 0 Å². The largest absolute Gasteiger partial charge is 0.459 e. The Morgan fingerprint density at radius 2 is 1.72 bits per heavy atom. The molecule has 0 spiro atoms. The molecule has 0 aromatic carbocycles. The molecule has 0 aromatic heterocycles. The lowest BCUT2D eigenvalue weighted by molar-refractivity contribution is -0.308. The van der Waals surface area contributed by atoms with Crippen LogP contribution in [0.2, 0.25) is 25.7 Å². The topological polar surface area (TPSA) is 85.2 Å². The summed E-state index contributed by atoms with van der Waals surface area (Å²) in [5.41, 5.74) is -1.56. The number of aliphatic hydroxyl groups is 2. The molecule has 0 saturated heterocycles. The Kier molecular flexibility index (Phi) is 11.3. The van der Waals surface area contributed by atoms with E-state index in [9.17, 15) is 15.0 Å². The van der Waals surface area contributed by atoms with Crippen LogP contribution in [0, 0.1) is 52.3 Å². The van der Waals surface area contributed by atoms with Gasteiger partial charge < -0.3 is 24.4 Å². The average molecular weight is 623 g/mol. The van der Waals surface area contributed by atoms with Gasteiger partial charge in [-0.2, -0.15) is 0 Å². The van der Waals surface area contributed by atoms with Gasteiger partial charge >= 0.3 is 5.97 Å². The number of rotatable bonds is 13. The lowest BCUT2D eigenvalue weighted by Gasteiger charge is -2.67. The third-order valence-electron chi connectivity index (χ3n) is 13.1. The first-order valence-electron chi connectivity index (χ1n) is 17.8. The number of ether oxygens (including phenoxy) is 3. The van der Waals surface area contributed by atoms with Gasteiger partial charge in [0.05, 0.1) is 6.10 Å². The summed E-state index contributed by atoms with van der Waals surface area (Å²) in [5.74, 6) is 2.99. The highest BCUT2D eigenvalue weighted by Crippen LogP contribution is 2.70. The highest BCUT2D eigenvalue weighted by Gasteiger charge is 2.71. The molecule has 0 aliphatic heterocycles. The molecule has 0 radical (unpaired) electrons. The molecule has 0 unspecified atom stereocenters. The second kappa shape index (κ2) is 13.7. The fourth-order valence-electron chi connectivity index (χ4n) is 10.7. The molecule has 4 saturated carbocycles. The zero-order valence-electron chi connectivity index (χ0n) is 29.1. The Labute approximate surface area is 264 Å². The third-order valence-corrected chi connectivity index (χ3v) is 14.8. The molecule has 6 nitrogen and oxygen atoms in total. The second-order valence-corrected chi connectivity index (χ2v) is 23.0. The van der Waals surface area contributed by atoms with Gasteiger partial charge in [-0.15, -0.1) is 0 Å². The van der Waals surface area contributed by atoms with Crippen molar-refractivity contribution in [2.75, 3.05) is 20.0 Å². The molecule has 43 heavy (non-hydrogen) atoms. The van der Waals surface area contributed by atoms with Gasteiger partial charge in [-0.25, -0.2) is 0 Å². The predicted octanol–water partition coefficient (Wildman–Crippen LogP) is 7.68. The van der Waals surface area contributed by atoms with E-state index in [0.29, 0.717) is 37.7 Å². The summed E-state index contributed by atoms with van der Waals surface area (Å²) in [6.07, 6.45) is 9.68. The molecule has 0 bridgehead atoms. The molecule has 4 fully saturated rings. The van der Waals surface area contributed by atoms with Gasteiger partial charge in [-0.1, -0.05) is 73.5 Å². The van der Waals surface area contributed by atoms with Crippen LogP contribution in [0.5, 0.6) is 0 Å². The van der Waals surface area contributed by atoms with Gasteiger partial charge in [0, 0.05) is 33.6 Å². The minimum atomic E-state index is -1.25. The smallest absolute Gasteiger partial charge is 0.303 e. The number of carbonyl (C=O) groups is 1. The molecule has 11 atom stereocenters. The van der Waals surface area contributed by atoms with E-state index in [1.165, 1.54) is 45.4 Å². The normalized spacial score (nSPS) is 41.8. The summed E-state index contributed by atoms with van der Waals surface area (Å²) in [5, 5.41) is 23.1. The molecule has 4 rings (SSSR count). The minimum absolute atomic E-state index is 0.00725. The molecule has 2 N–H and O–H groups in total. The van der Waals surface area contributed by atoms with Gasteiger partial charge in [0.15, 0.2) is 0 Å². The van der Waals surface area contributed by atoms with Crippen LogP contribution in [0.1, 0.15) is 106 Å². The number of hydrogen-bond acceptors (Lipinski definition) is 6. The highest BCUT2D eigenvalue weighted by molar-refractivity contribution is 6.76. The van der Waals surface area contributed by atoms with Gasteiger partial charge in [0.1, 0.15) is 18.5 Å². The number of aliphatic hydroxyl groups excluding tert-OH is 1. The van der Waals surface area contributed by atoms with Crippen LogP contribution >= 0.6 is 0 Å². The monoisotopic (exact) mass is 622 g/mol. The van der Waals surface area contributed by atoms with E-state index >= 15 is 0 Å². The Balaban J connectivity index is 1.61. The van der Waals surface area contributed by atoms with Crippen molar-refractivity contribution in [1.29, 1.82) is 0 Å². The Bertz CT molecular complexity index is 935. The molecule has 250 valence electrons. The van der Waals surface area contributed by atoms with Crippen molar-refractivity contribution in [3.63, 3.8) is 0 Å². The van der Waals surface area contributed by atoms with E-state index in [4.69, 9.17) is 14.2 Å². The van der Waals surface area contributed by atoms with Crippen LogP contribution < -0.4 is 0 Å². The van der Waals surface area contributed by atoms with Crippen molar-refractivity contribution >= 4 is 14.0 Å². The van der Waals surface area contributed by atoms with E-state index in [-0.39, 0.29) is 42.7 Å². The minimum Gasteiger partial charge on any atom is -0.459 e. The molecule has 4 aliphatic carbocycles. The van der Waals surface area contributed by atoms with E-state index in [2.05, 4.69) is 54.3 Å². The molecule has 0 heterocycles. The molecule has 7 heteroatoms. The lowest BCUT2D eigenvalue weighted by Crippen LogP contribution is -2.73. The van der Waals surface area contributed by atoms with E-state index in [0.717, 1.165) is 30.2 Å². The van der Waals surface area contributed by atoms with Crippen LogP contribution in [-0.4, -0.2) is 62.1 Å². The number of hydrogen-bond donors (Lipinski definition) is 2. The number of carbonyl (C=O) groups excluding carboxylic acids is 1. The van der Waals surface area contributed by atoms with Crippen LogP contribution in [0.25, 0.3) is 0 Å². The predicted molar refractivity (Wildman–Crippen MR) is 175 cm³/mol. The number of fused-ring (bicyclic) bond motifs is 5. The van der Waals surface area contributed by atoms with E-state index in [1.807, 2.05) is 0 Å². The Morgan fingerprint density at radius 3 is 2.35 bits per heavy atom. The molecular weight excluding hydrogens is 556 g/mol. The van der Waals surface area contributed by atoms with Gasteiger partial charge in [0.2, 0.25) is 0 Å². The van der Waals surface area contributed by atoms with Crippen molar-refractivity contribution in [2.24, 2.45) is 52.3 Å². The summed E-state index contributed by atoms with van der Waals surface area (Å²) < 4.78 is 18.7. The zero-order chi connectivity index (χ0) is 31.8. The molecular formula is C36H66O6Si. The summed E-state index contributed by atoms with van der Waals surface area (Å²) >= 11 is 0. The van der Waals surface area contributed by atoms with E-state index < -0.39 is 25.2 Å². The van der Waals surface area contributed by atoms with Crippen molar-refractivity contribution in [2.45, 2.75) is 149 Å². The summed E-state index contributed by atoms with van der Waals surface area (Å²) in [7, 11) is -1.22. The highest BCUT2D eigenvalue weighted by atomic mass is 28.3. The fourth-order valence-corrected chi connectivity index (χ4v) is 11.5. The SMILES string of the molecule is CC(=O)O[C@@H]1C[C@H]2[C@@H]3CC[C@H]([C@H](C)CCCC(C)C)[C@@]3(C)CC[C@@H]2[C@@]2(C)[C@H](OCOCC[Si](C)(C)C)C[C@@H](CO)C[C@]12O. The third kappa shape index (κ3) is 7.11. The first-order valence-corrected chi connectivity index (χ1v) is 21.5. The summed E-state index contributed by atoms with van der Waals surface area (Å²) in [6.45, 7) is 21.3. The summed E-state index contributed by atoms with van der Waals surface area (Å²) in [6, 6.07) is 1.08. The zero-order valence-corrected chi connectivity index (χ0v) is 30.1. The standard InChI is InChI=1S/C36H66O6Si/c1-24(2)11-10-12-25(3)29-13-14-30-28-20-33(42-26(4)38)36(39)21-27(22-37)19-32(41-23-40-17-18-43(7,8)9)35(36,6)31(28)15-16-34(29,30)5/h24-25,27-33,37,39H,10-23H2,1-9H3/t25-,27-,28+,29-,30+,31+,32-,33-,34-,35+,36+/m1/s1. The van der Waals surface area contributed by atoms with E-state index in [1.54, 1.807) is 0 Å².